The van der Waals surface area contributed by atoms with Crippen molar-refractivity contribution in [2.45, 2.75) is 104 Å². The Kier molecular flexibility index (Phi) is 7.72. The third-order valence-corrected chi connectivity index (χ3v) is 12.4. The largest absolute Gasteiger partial charge is 0.472 e. The number of aliphatic hydroxyl groups is 1. The number of ether oxygens (including phenoxy) is 5. The van der Waals surface area contributed by atoms with Crippen LogP contribution in [0.5, 0.6) is 0 Å². The number of fused-ring (bicyclic) bond motifs is 4. The van der Waals surface area contributed by atoms with Gasteiger partial charge in [0, 0.05) is 54.8 Å². The zero-order valence-corrected chi connectivity index (χ0v) is 27.8. The summed E-state index contributed by atoms with van der Waals surface area (Å²) in [5, 5.41) is 11.6. The molecule has 2 saturated heterocycles. The summed E-state index contributed by atoms with van der Waals surface area (Å²) in [6, 6.07) is 10.8. The maximum Gasteiger partial charge on any atom is 0.338 e. The highest BCUT2D eigenvalue weighted by Gasteiger charge is 2.77. The number of allylic oxidation sites excluding steroid dienone is 1. The Labute approximate surface area is 274 Å². The van der Waals surface area contributed by atoms with Crippen molar-refractivity contribution in [1.29, 1.82) is 0 Å². The summed E-state index contributed by atoms with van der Waals surface area (Å²) in [7, 11) is 0. The molecule has 12 atom stereocenters. The van der Waals surface area contributed by atoms with Gasteiger partial charge >= 0.3 is 17.9 Å². The fourth-order valence-electron chi connectivity index (χ4n) is 10.7. The fraction of sp³-hybridized carbons (Fsp3) is 0.595. The molecule has 2 aromatic rings. The van der Waals surface area contributed by atoms with E-state index in [2.05, 4.69) is 20.8 Å². The van der Waals surface area contributed by atoms with Crippen molar-refractivity contribution >= 4 is 17.9 Å². The minimum atomic E-state index is -1.13. The molecule has 0 radical (unpaired) electrons. The van der Waals surface area contributed by atoms with Crippen LogP contribution in [0.4, 0.5) is 0 Å². The molecule has 0 spiro atoms. The summed E-state index contributed by atoms with van der Waals surface area (Å²) in [6.45, 7) is 11.4. The SMILES string of the molecule is CC(=O)OC1CC(OC(C)=O)C2(C)C3C(OCC13C)C(OC(=O)c1ccccc1)C1(C)C3=C(C)C(c4ccoc4)CC3OC(O)CC12. The Morgan fingerprint density at radius 3 is 2.28 bits per heavy atom. The van der Waals surface area contributed by atoms with Gasteiger partial charge in [-0.3, -0.25) is 9.59 Å². The molecule has 2 aliphatic heterocycles. The summed E-state index contributed by atoms with van der Waals surface area (Å²) in [5.41, 5.74) is 1.04. The zero-order chi connectivity index (χ0) is 33.5. The molecule has 0 amide bonds. The molecule has 4 fully saturated rings. The molecule has 1 aromatic carbocycles. The highest BCUT2D eigenvalue weighted by atomic mass is 16.6. The average Bonchev–Trinajstić information content (AvgIpc) is 3.73. The first kappa shape index (κ1) is 32.1. The predicted molar refractivity (Wildman–Crippen MR) is 167 cm³/mol. The van der Waals surface area contributed by atoms with Crippen LogP contribution in [-0.4, -0.2) is 66.4 Å². The van der Waals surface area contributed by atoms with Gasteiger partial charge in [-0.2, -0.15) is 0 Å². The van der Waals surface area contributed by atoms with Crippen molar-refractivity contribution in [3.63, 3.8) is 0 Å². The van der Waals surface area contributed by atoms with E-state index in [1.165, 1.54) is 13.8 Å². The molecule has 12 unspecified atom stereocenters. The molecule has 3 aliphatic carbocycles. The van der Waals surface area contributed by atoms with Gasteiger partial charge in [0.1, 0.15) is 18.3 Å². The highest BCUT2D eigenvalue weighted by Crippen LogP contribution is 2.72. The lowest BCUT2D eigenvalue weighted by atomic mass is 9.39. The molecule has 2 saturated carbocycles. The van der Waals surface area contributed by atoms with Gasteiger partial charge in [0.15, 0.2) is 6.29 Å². The van der Waals surface area contributed by atoms with Crippen LogP contribution in [0.15, 0.2) is 64.5 Å². The van der Waals surface area contributed by atoms with Crippen LogP contribution in [0.3, 0.4) is 0 Å². The summed E-state index contributed by atoms with van der Waals surface area (Å²) in [6.07, 6.45) is 0.128. The van der Waals surface area contributed by atoms with Crippen molar-refractivity contribution < 1.29 is 47.6 Å². The number of carbonyl (C=O) groups excluding carboxylic acids is 3. The van der Waals surface area contributed by atoms with Crippen molar-refractivity contribution in [2.75, 3.05) is 6.61 Å². The van der Waals surface area contributed by atoms with E-state index >= 15 is 0 Å². The number of esters is 3. The Morgan fingerprint density at radius 1 is 0.915 bits per heavy atom. The van der Waals surface area contributed by atoms with Gasteiger partial charge in [-0.25, -0.2) is 4.79 Å². The Balaban J connectivity index is 1.46. The summed E-state index contributed by atoms with van der Waals surface area (Å²) in [4.78, 5) is 39.2. The number of furan rings is 1. The first-order chi connectivity index (χ1) is 22.3. The minimum absolute atomic E-state index is 0.0359. The first-order valence-corrected chi connectivity index (χ1v) is 16.6. The van der Waals surface area contributed by atoms with Gasteiger partial charge in [0.2, 0.25) is 0 Å². The molecule has 5 aliphatic rings. The Hall–Kier alpha value is -3.47. The lowest BCUT2D eigenvalue weighted by molar-refractivity contribution is -0.258. The molecule has 47 heavy (non-hydrogen) atoms. The molecule has 10 nitrogen and oxygen atoms in total. The van der Waals surface area contributed by atoms with E-state index < -0.39 is 76.9 Å². The third-order valence-electron chi connectivity index (χ3n) is 12.4. The lowest BCUT2D eigenvalue weighted by Crippen LogP contribution is -2.72. The van der Waals surface area contributed by atoms with Crippen LogP contribution >= 0.6 is 0 Å². The maximum atomic E-state index is 14.0. The van der Waals surface area contributed by atoms with E-state index in [4.69, 9.17) is 28.1 Å². The summed E-state index contributed by atoms with van der Waals surface area (Å²) >= 11 is 0. The molecular weight excluding hydrogens is 604 g/mol. The molecule has 252 valence electrons. The monoisotopic (exact) mass is 648 g/mol. The second-order valence-electron chi connectivity index (χ2n) is 14.8. The highest BCUT2D eigenvalue weighted by molar-refractivity contribution is 5.89. The molecular formula is C37H44O10. The number of hydrogen-bond acceptors (Lipinski definition) is 10. The van der Waals surface area contributed by atoms with Crippen LogP contribution in [0.2, 0.25) is 0 Å². The maximum absolute atomic E-state index is 14.0. The van der Waals surface area contributed by atoms with Crippen molar-refractivity contribution in [3.05, 3.63) is 71.2 Å². The number of aliphatic hydroxyl groups excluding tert-OH is 1. The quantitative estimate of drug-likeness (QED) is 0.257. The third kappa shape index (κ3) is 4.73. The van der Waals surface area contributed by atoms with Gasteiger partial charge in [0.25, 0.3) is 0 Å². The van der Waals surface area contributed by atoms with Crippen LogP contribution in [0.1, 0.15) is 82.6 Å². The summed E-state index contributed by atoms with van der Waals surface area (Å²) in [5.74, 6) is -2.18. The molecule has 0 bridgehead atoms. The summed E-state index contributed by atoms with van der Waals surface area (Å²) < 4.78 is 37.5. The lowest BCUT2D eigenvalue weighted by Gasteiger charge is -2.66. The number of hydrogen-bond donors (Lipinski definition) is 1. The molecule has 1 aromatic heterocycles. The zero-order valence-electron chi connectivity index (χ0n) is 27.8. The van der Waals surface area contributed by atoms with E-state index in [1.807, 2.05) is 19.1 Å². The normalized spacial score (nSPS) is 42.1. The Morgan fingerprint density at radius 2 is 1.62 bits per heavy atom. The molecule has 1 N–H and O–H groups in total. The fourth-order valence-corrected chi connectivity index (χ4v) is 10.7. The van der Waals surface area contributed by atoms with Crippen LogP contribution in [0.25, 0.3) is 0 Å². The van der Waals surface area contributed by atoms with E-state index in [-0.39, 0.29) is 31.3 Å². The van der Waals surface area contributed by atoms with Crippen LogP contribution < -0.4 is 0 Å². The van der Waals surface area contributed by atoms with Crippen molar-refractivity contribution in [3.8, 4) is 0 Å². The Bertz CT molecular complexity index is 1580. The van der Waals surface area contributed by atoms with E-state index in [0.29, 0.717) is 12.0 Å². The molecule has 10 heteroatoms. The van der Waals surface area contributed by atoms with Crippen LogP contribution in [0, 0.1) is 28.1 Å². The average molecular weight is 649 g/mol. The van der Waals surface area contributed by atoms with Gasteiger partial charge in [0.05, 0.1) is 36.9 Å². The van der Waals surface area contributed by atoms with E-state index in [9.17, 15) is 19.5 Å². The number of carbonyl (C=O) groups is 3. The number of rotatable bonds is 5. The first-order valence-electron chi connectivity index (χ1n) is 16.6. The molecule has 3 heterocycles. The van der Waals surface area contributed by atoms with Gasteiger partial charge in [-0.05, 0) is 48.6 Å². The topological polar surface area (TPSA) is 131 Å². The minimum Gasteiger partial charge on any atom is -0.472 e. The van der Waals surface area contributed by atoms with E-state index in [0.717, 1.165) is 16.7 Å². The van der Waals surface area contributed by atoms with E-state index in [1.54, 1.807) is 36.8 Å². The van der Waals surface area contributed by atoms with Gasteiger partial charge in [-0.15, -0.1) is 0 Å². The second-order valence-corrected chi connectivity index (χ2v) is 14.8. The smallest absolute Gasteiger partial charge is 0.338 e. The van der Waals surface area contributed by atoms with Gasteiger partial charge < -0.3 is 33.2 Å². The predicted octanol–water partition coefficient (Wildman–Crippen LogP) is 5.35. The number of benzene rings is 1. The van der Waals surface area contributed by atoms with Crippen molar-refractivity contribution in [2.24, 2.45) is 28.1 Å². The van der Waals surface area contributed by atoms with Gasteiger partial charge in [-0.1, -0.05) is 44.5 Å². The molecule has 7 rings (SSSR count). The second kappa shape index (κ2) is 11.3. The standard InChI is InChI=1S/C37H44O10/c1-19-24(23-12-13-42-17-23)14-25-30(19)37(6)26(15-29(40)46-25)36(5)28(45-21(3)39)16-27(44-20(2)38)35(4)18-43-31(32(35)36)33(37)47-34(41)22-10-8-7-9-11-22/h7-13,17,24-29,31-33,40H,14-16,18H2,1-6H3. The van der Waals surface area contributed by atoms with Crippen LogP contribution in [-0.2, 0) is 33.3 Å². The van der Waals surface area contributed by atoms with Crippen molar-refractivity contribution in [1.82, 2.24) is 0 Å².